The molecule has 0 saturated carbocycles. The van der Waals surface area contributed by atoms with Gasteiger partial charge in [-0.2, -0.15) is 0 Å². The number of hydrogen-bond donors (Lipinski definition) is 4. The van der Waals surface area contributed by atoms with E-state index in [9.17, 15) is 9.59 Å². The number of carboxylic acids is 2. The van der Waals surface area contributed by atoms with E-state index in [1.54, 1.807) is 0 Å². The first-order valence-electron chi connectivity index (χ1n) is 3.79. The lowest BCUT2D eigenvalue weighted by Gasteiger charge is -1.89. The number of rotatable bonds is 5. The first-order valence-corrected chi connectivity index (χ1v) is 3.79. The lowest BCUT2D eigenvalue weighted by Crippen LogP contribution is -2.02. The summed E-state index contributed by atoms with van der Waals surface area (Å²) in [7, 11) is 0. The van der Waals surface area contributed by atoms with Gasteiger partial charge in [-0.3, -0.25) is 9.59 Å². The highest BCUT2D eigenvalue weighted by Crippen LogP contribution is 1.93. The van der Waals surface area contributed by atoms with E-state index in [2.05, 4.69) is 0 Å². The van der Waals surface area contributed by atoms with Crippen LogP contribution in [0.4, 0.5) is 0 Å². The van der Waals surface area contributed by atoms with E-state index in [4.69, 9.17) is 21.1 Å². The second kappa shape index (κ2) is 10.9. The van der Waals surface area contributed by atoms with Crippen LogP contribution in [-0.4, -0.2) is 40.4 Å². The molecule has 0 unspecified atom stereocenters. The monoisotopic (exact) mass is 193 g/mol. The van der Waals surface area contributed by atoms with Gasteiger partial charge in [-0.15, -0.1) is 0 Å². The van der Waals surface area contributed by atoms with Gasteiger partial charge in [-0.05, 0) is 6.42 Å². The first kappa shape index (κ1) is 14.4. The van der Waals surface area contributed by atoms with Crippen LogP contribution in [0.1, 0.15) is 19.3 Å². The highest BCUT2D eigenvalue weighted by atomic mass is 16.4. The van der Waals surface area contributed by atoms with E-state index in [0.29, 0.717) is 6.54 Å². The maximum Gasteiger partial charge on any atom is 0.303 e. The van der Waals surface area contributed by atoms with E-state index < -0.39 is 11.9 Å². The second-order valence-electron chi connectivity index (χ2n) is 2.15. The van der Waals surface area contributed by atoms with Crippen molar-refractivity contribution in [3.8, 4) is 0 Å². The number of aliphatic hydroxyl groups is 1. The van der Waals surface area contributed by atoms with Gasteiger partial charge >= 0.3 is 11.9 Å². The molecular weight excluding hydrogens is 178 g/mol. The first-order chi connectivity index (χ1) is 6.04. The van der Waals surface area contributed by atoms with Gasteiger partial charge in [-0.25, -0.2) is 0 Å². The van der Waals surface area contributed by atoms with Crippen molar-refractivity contribution in [3.63, 3.8) is 0 Å². The molecule has 0 rings (SSSR count). The van der Waals surface area contributed by atoms with Crippen LogP contribution in [-0.2, 0) is 9.59 Å². The smallest absolute Gasteiger partial charge is 0.303 e. The number of carboxylic acid groups (broad SMARTS) is 2. The molecule has 0 saturated heterocycles. The highest BCUT2D eigenvalue weighted by Gasteiger charge is 1.99. The van der Waals surface area contributed by atoms with Crippen molar-refractivity contribution in [3.05, 3.63) is 0 Å². The summed E-state index contributed by atoms with van der Waals surface area (Å²) in [6.07, 6.45) is 0.0866. The van der Waals surface area contributed by atoms with Gasteiger partial charge < -0.3 is 21.1 Å². The molecule has 0 aliphatic rings. The van der Waals surface area contributed by atoms with E-state index in [0.717, 1.165) is 0 Å². The fourth-order valence-corrected chi connectivity index (χ4v) is 0.391. The topological polar surface area (TPSA) is 121 Å². The van der Waals surface area contributed by atoms with Crippen LogP contribution in [0.3, 0.4) is 0 Å². The third-order valence-corrected chi connectivity index (χ3v) is 0.910. The Morgan fingerprint density at radius 3 is 1.54 bits per heavy atom. The summed E-state index contributed by atoms with van der Waals surface area (Å²) in [5, 5.41) is 23.8. The Hall–Kier alpha value is -1.14. The fourth-order valence-electron chi connectivity index (χ4n) is 0.391. The zero-order chi connectivity index (χ0) is 10.7. The zero-order valence-corrected chi connectivity index (χ0v) is 7.27. The van der Waals surface area contributed by atoms with Crippen LogP contribution in [0.25, 0.3) is 0 Å². The number of hydrogen-bond acceptors (Lipinski definition) is 4. The molecule has 0 heterocycles. The van der Waals surface area contributed by atoms with E-state index >= 15 is 0 Å². The molecular formula is C7H15NO5. The van der Waals surface area contributed by atoms with Gasteiger partial charge in [0.05, 0.1) is 6.61 Å². The Labute approximate surface area is 76.0 Å². The number of nitrogens with two attached hydrogens (primary N) is 1. The molecule has 13 heavy (non-hydrogen) atoms. The van der Waals surface area contributed by atoms with E-state index in [1.165, 1.54) is 0 Å². The van der Waals surface area contributed by atoms with Crippen molar-refractivity contribution in [2.24, 2.45) is 5.73 Å². The minimum absolute atomic E-state index is 0.0632. The molecule has 0 fully saturated rings. The predicted octanol–water partition coefficient (Wildman–Crippen LogP) is -0.737. The zero-order valence-electron chi connectivity index (χ0n) is 7.27. The summed E-state index contributed by atoms with van der Waals surface area (Å²) < 4.78 is 0. The summed E-state index contributed by atoms with van der Waals surface area (Å²) in [6.45, 7) is 0.472. The van der Waals surface area contributed by atoms with Crippen molar-refractivity contribution in [2.45, 2.75) is 19.3 Å². The minimum atomic E-state index is -0.948. The molecule has 0 aliphatic heterocycles. The molecule has 78 valence electrons. The molecule has 0 bridgehead atoms. The molecule has 0 amide bonds. The highest BCUT2D eigenvalue weighted by molar-refractivity contribution is 5.69. The van der Waals surface area contributed by atoms with Gasteiger partial charge in [0.2, 0.25) is 0 Å². The molecule has 0 aromatic carbocycles. The molecule has 0 spiro atoms. The summed E-state index contributed by atoms with van der Waals surface area (Å²) in [5.74, 6) is -1.90. The Balaban J connectivity index is 0. The summed E-state index contributed by atoms with van der Waals surface area (Å²) in [4.78, 5) is 19.6. The third-order valence-electron chi connectivity index (χ3n) is 0.910. The van der Waals surface area contributed by atoms with Gasteiger partial charge in [-0.1, -0.05) is 0 Å². The molecule has 0 aliphatic carbocycles. The van der Waals surface area contributed by atoms with Crippen molar-refractivity contribution < 1.29 is 24.9 Å². The molecule has 0 atom stereocenters. The summed E-state index contributed by atoms with van der Waals surface area (Å²) in [6, 6.07) is 0. The molecule has 6 nitrogen and oxygen atoms in total. The van der Waals surface area contributed by atoms with Crippen LogP contribution in [0.5, 0.6) is 0 Å². The number of carbonyl (C=O) groups is 2. The minimum Gasteiger partial charge on any atom is -0.481 e. The number of aliphatic carboxylic acids is 2. The maximum atomic E-state index is 9.79. The maximum absolute atomic E-state index is 9.79. The molecule has 0 radical (unpaired) electrons. The lowest BCUT2D eigenvalue weighted by atomic mass is 10.2. The van der Waals surface area contributed by atoms with Crippen molar-refractivity contribution in [1.82, 2.24) is 0 Å². The molecule has 0 aromatic heterocycles. The summed E-state index contributed by atoms with van der Waals surface area (Å²) in [5.41, 5.74) is 4.78. The average molecular weight is 193 g/mol. The quantitative estimate of drug-likeness (QED) is 0.456. The van der Waals surface area contributed by atoms with E-state index in [1.807, 2.05) is 0 Å². The van der Waals surface area contributed by atoms with Crippen LogP contribution in [0, 0.1) is 0 Å². The predicted molar refractivity (Wildman–Crippen MR) is 45.3 cm³/mol. The van der Waals surface area contributed by atoms with Gasteiger partial charge in [0.1, 0.15) is 0 Å². The molecule has 5 N–H and O–H groups in total. The van der Waals surface area contributed by atoms with Crippen LogP contribution in [0.15, 0.2) is 0 Å². The Morgan fingerprint density at radius 2 is 1.38 bits per heavy atom. The Kier molecular flexibility index (Phi) is 12.0. The van der Waals surface area contributed by atoms with Crippen LogP contribution >= 0.6 is 0 Å². The van der Waals surface area contributed by atoms with Crippen LogP contribution in [0.2, 0.25) is 0 Å². The van der Waals surface area contributed by atoms with Crippen molar-refractivity contribution in [1.29, 1.82) is 0 Å². The van der Waals surface area contributed by atoms with Crippen LogP contribution < -0.4 is 5.73 Å². The largest absolute Gasteiger partial charge is 0.481 e. The molecule has 6 heteroatoms. The normalized spacial score (nSPS) is 8.46. The SMILES string of the molecule is NCCO.O=C(O)CCCC(=O)O. The lowest BCUT2D eigenvalue weighted by molar-refractivity contribution is -0.138. The van der Waals surface area contributed by atoms with Gasteiger partial charge in [0, 0.05) is 19.4 Å². The average Bonchev–Trinajstić information content (AvgIpc) is 2.03. The third kappa shape index (κ3) is 24.8. The standard InChI is InChI=1S/C5H8O4.C2H7NO/c6-4(7)2-1-3-5(8)9;3-1-2-4/h1-3H2,(H,6,7)(H,8,9);4H,1-3H2. The molecule has 0 aromatic rings. The number of aliphatic hydroxyl groups excluding tert-OH is 1. The Morgan fingerprint density at radius 1 is 1.08 bits per heavy atom. The van der Waals surface area contributed by atoms with Gasteiger partial charge in [0.15, 0.2) is 0 Å². The second-order valence-corrected chi connectivity index (χ2v) is 2.15. The fraction of sp³-hybridized carbons (Fsp3) is 0.714. The van der Waals surface area contributed by atoms with Crippen molar-refractivity contribution >= 4 is 11.9 Å². The van der Waals surface area contributed by atoms with E-state index in [-0.39, 0.29) is 25.9 Å². The summed E-state index contributed by atoms with van der Waals surface area (Å²) >= 11 is 0. The van der Waals surface area contributed by atoms with Crippen molar-refractivity contribution in [2.75, 3.05) is 13.2 Å². The van der Waals surface area contributed by atoms with Gasteiger partial charge in [0.25, 0.3) is 0 Å². The Bertz CT molecular complexity index is 132.